The van der Waals surface area contributed by atoms with E-state index in [4.69, 9.17) is 0 Å². The fourth-order valence-corrected chi connectivity index (χ4v) is 3.42. The summed E-state index contributed by atoms with van der Waals surface area (Å²) in [5, 5.41) is 2.06. The summed E-state index contributed by atoms with van der Waals surface area (Å²) < 4.78 is 1.94. The standard InChI is InChI=1S/C17H18N2OS/c1-11-14(9-20)19-15(10-21-16(19)18-11)12-5-7-13(8-6-12)17(2,3)4/h5-10H,1-4H3. The smallest absolute Gasteiger partial charge is 0.194 e. The third kappa shape index (κ3) is 2.29. The molecule has 0 bridgehead atoms. The molecular formula is C17H18N2OS. The second-order valence-corrected chi connectivity index (χ2v) is 7.10. The van der Waals surface area contributed by atoms with Crippen molar-refractivity contribution < 1.29 is 4.79 Å². The fourth-order valence-electron chi connectivity index (χ4n) is 2.46. The van der Waals surface area contributed by atoms with E-state index in [1.165, 1.54) is 5.56 Å². The topological polar surface area (TPSA) is 34.4 Å². The Hall–Kier alpha value is -1.94. The quantitative estimate of drug-likeness (QED) is 0.654. The molecule has 0 saturated carbocycles. The van der Waals surface area contributed by atoms with Crippen molar-refractivity contribution in [3.8, 4) is 11.3 Å². The zero-order chi connectivity index (χ0) is 15.2. The first kappa shape index (κ1) is 14.0. The minimum Gasteiger partial charge on any atom is -0.296 e. The summed E-state index contributed by atoms with van der Waals surface area (Å²) in [6.45, 7) is 8.48. The Balaban J connectivity index is 2.14. The molecular weight excluding hydrogens is 280 g/mol. The number of hydrogen-bond donors (Lipinski definition) is 0. The molecule has 2 aromatic heterocycles. The van der Waals surface area contributed by atoms with Gasteiger partial charge >= 0.3 is 0 Å². The number of rotatable bonds is 2. The van der Waals surface area contributed by atoms with Crippen LogP contribution in [-0.4, -0.2) is 15.7 Å². The molecule has 0 amide bonds. The summed E-state index contributed by atoms with van der Waals surface area (Å²) in [4.78, 5) is 16.6. The molecule has 0 radical (unpaired) electrons. The molecule has 21 heavy (non-hydrogen) atoms. The average Bonchev–Trinajstić information content (AvgIpc) is 2.95. The van der Waals surface area contributed by atoms with Gasteiger partial charge in [-0.25, -0.2) is 4.98 Å². The van der Waals surface area contributed by atoms with Gasteiger partial charge in [-0.2, -0.15) is 0 Å². The Morgan fingerprint density at radius 3 is 2.43 bits per heavy atom. The van der Waals surface area contributed by atoms with Gasteiger partial charge in [0.1, 0.15) is 5.69 Å². The molecule has 0 fully saturated rings. The highest BCUT2D eigenvalue weighted by Crippen LogP contribution is 2.30. The minimum absolute atomic E-state index is 0.141. The Labute approximate surface area is 128 Å². The van der Waals surface area contributed by atoms with Crippen LogP contribution in [0.15, 0.2) is 29.6 Å². The molecule has 0 atom stereocenters. The van der Waals surface area contributed by atoms with Crippen LogP contribution in [0.2, 0.25) is 0 Å². The number of fused-ring (bicyclic) bond motifs is 1. The van der Waals surface area contributed by atoms with Gasteiger partial charge in [0.05, 0.1) is 11.4 Å². The molecule has 1 aromatic carbocycles. The number of aryl methyl sites for hydroxylation is 1. The van der Waals surface area contributed by atoms with Gasteiger partial charge in [-0.15, -0.1) is 11.3 Å². The zero-order valence-electron chi connectivity index (χ0n) is 12.7. The van der Waals surface area contributed by atoms with E-state index < -0.39 is 0 Å². The largest absolute Gasteiger partial charge is 0.296 e. The van der Waals surface area contributed by atoms with E-state index in [2.05, 4.69) is 55.4 Å². The van der Waals surface area contributed by atoms with E-state index in [1.54, 1.807) is 11.3 Å². The van der Waals surface area contributed by atoms with Crippen molar-refractivity contribution >= 4 is 22.6 Å². The number of aromatic nitrogens is 2. The summed E-state index contributed by atoms with van der Waals surface area (Å²) in [6.07, 6.45) is 0.884. The van der Waals surface area contributed by atoms with E-state index in [0.717, 1.165) is 28.2 Å². The van der Waals surface area contributed by atoms with Crippen LogP contribution < -0.4 is 0 Å². The van der Waals surface area contributed by atoms with Crippen molar-refractivity contribution in [3.63, 3.8) is 0 Å². The van der Waals surface area contributed by atoms with Crippen molar-refractivity contribution in [2.45, 2.75) is 33.1 Å². The van der Waals surface area contributed by atoms with E-state index in [1.807, 2.05) is 11.3 Å². The summed E-state index contributed by atoms with van der Waals surface area (Å²) >= 11 is 1.56. The SMILES string of the molecule is Cc1nc2scc(-c3ccc(C(C)(C)C)cc3)n2c1C=O. The molecule has 3 nitrogen and oxygen atoms in total. The van der Waals surface area contributed by atoms with Gasteiger partial charge < -0.3 is 0 Å². The van der Waals surface area contributed by atoms with Crippen LogP contribution in [0.25, 0.3) is 16.2 Å². The second kappa shape index (κ2) is 4.81. The van der Waals surface area contributed by atoms with E-state index >= 15 is 0 Å². The number of carbonyl (C=O) groups excluding carboxylic acids is 1. The molecule has 0 spiro atoms. The van der Waals surface area contributed by atoms with Crippen LogP contribution in [0.4, 0.5) is 0 Å². The molecule has 3 aromatic rings. The van der Waals surface area contributed by atoms with Crippen LogP contribution in [0, 0.1) is 6.92 Å². The second-order valence-electron chi connectivity index (χ2n) is 6.27. The first-order chi connectivity index (χ1) is 9.91. The van der Waals surface area contributed by atoms with E-state index in [9.17, 15) is 4.79 Å². The van der Waals surface area contributed by atoms with Crippen molar-refractivity contribution in [1.29, 1.82) is 0 Å². The number of hydrogen-bond acceptors (Lipinski definition) is 3. The molecule has 108 valence electrons. The van der Waals surface area contributed by atoms with Crippen LogP contribution in [-0.2, 0) is 5.41 Å². The van der Waals surface area contributed by atoms with Crippen molar-refractivity contribution in [2.24, 2.45) is 0 Å². The fraction of sp³-hybridized carbons (Fsp3) is 0.294. The summed E-state index contributed by atoms with van der Waals surface area (Å²) in [6, 6.07) is 8.55. The third-order valence-electron chi connectivity index (χ3n) is 3.74. The van der Waals surface area contributed by atoms with Gasteiger partial charge in [0.25, 0.3) is 0 Å². The number of benzene rings is 1. The highest BCUT2D eigenvalue weighted by Gasteiger charge is 2.16. The van der Waals surface area contributed by atoms with Crippen molar-refractivity contribution in [2.75, 3.05) is 0 Å². The lowest BCUT2D eigenvalue weighted by atomic mass is 9.86. The minimum atomic E-state index is 0.141. The van der Waals surface area contributed by atoms with E-state index in [0.29, 0.717) is 5.69 Å². The lowest BCUT2D eigenvalue weighted by Crippen LogP contribution is -2.10. The van der Waals surface area contributed by atoms with Crippen molar-refractivity contribution in [3.05, 3.63) is 46.6 Å². The van der Waals surface area contributed by atoms with Gasteiger partial charge in [0.2, 0.25) is 0 Å². The maximum absolute atomic E-state index is 11.3. The molecule has 0 aliphatic heterocycles. The monoisotopic (exact) mass is 298 g/mol. The number of carbonyl (C=O) groups is 1. The molecule has 0 aliphatic rings. The maximum atomic E-state index is 11.3. The van der Waals surface area contributed by atoms with Crippen molar-refractivity contribution in [1.82, 2.24) is 9.38 Å². The molecule has 4 heteroatoms. The van der Waals surface area contributed by atoms with Gasteiger partial charge in [-0.05, 0) is 23.5 Å². The summed E-state index contributed by atoms with van der Waals surface area (Å²) in [5.74, 6) is 0. The number of thiazole rings is 1. The van der Waals surface area contributed by atoms with Gasteiger partial charge in [0.15, 0.2) is 11.2 Å². The van der Waals surface area contributed by atoms with Crippen LogP contribution in [0.5, 0.6) is 0 Å². The van der Waals surface area contributed by atoms with Crippen LogP contribution >= 0.6 is 11.3 Å². The van der Waals surface area contributed by atoms with Gasteiger partial charge in [0, 0.05) is 5.38 Å². The first-order valence-electron chi connectivity index (χ1n) is 6.94. The highest BCUT2D eigenvalue weighted by atomic mass is 32.1. The Morgan fingerprint density at radius 1 is 1.19 bits per heavy atom. The molecule has 3 rings (SSSR count). The third-order valence-corrected chi connectivity index (χ3v) is 4.57. The predicted octanol–water partition coefficient (Wildman–Crippen LogP) is 4.48. The Morgan fingerprint density at radius 2 is 1.86 bits per heavy atom. The predicted molar refractivity (Wildman–Crippen MR) is 87.3 cm³/mol. The molecule has 0 saturated heterocycles. The van der Waals surface area contributed by atoms with Gasteiger partial charge in [-0.3, -0.25) is 9.20 Å². The first-order valence-corrected chi connectivity index (χ1v) is 7.82. The van der Waals surface area contributed by atoms with Crippen LogP contribution in [0.1, 0.15) is 42.5 Å². The number of nitrogens with zero attached hydrogens (tertiary/aromatic N) is 2. The zero-order valence-corrected chi connectivity index (χ0v) is 13.5. The lowest BCUT2D eigenvalue weighted by molar-refractivity contribution is 0.111. The van der Waals surface area contributed by atoms with E-state index in [-0.39, 0.29) is 5.41 Å². The number of aldehydes is 1. The molecule has 0 aliphatic carbocycles. The Bertz CT molecular complexity index is 804. The summed E-state index contributed by atoms with van der Waals surface area (Å²) in [7, 11) is 0. The Kier molecular flexibility index (Phi) is 3.21. The molecule has 0 N–H and O–H groups in total. The average molecular weight is 298 g/mol. The normalized spacial score (nSPS) is 12.0. The lowest BCUT2D eigenvalue weighted by Gasteiger charge is -2.19. The number of imidazole rings is 1. The maximum Gasteiger partial charge on any atom is 0.194 e. The molecule has 0 unspecified atom stereocenters. The van der Waals surface area contributed by atoms with Gasteiger partial charge in [-0.1, -0.05) is 45.0 Å². The molecule has 2 heterocycles. The summed E-state index contributed by atoms with van der Waals surface area (Å²) in [5.41, 5.74) is 5.00. The van der Waals surface area contributed by atoms with Crippen LogP contribution in [0.3, 0.4) is 0 Å². The highest BCUT2D eigenvalue weighted by molar-refractivity contribution is 7.15.